The molecule has 6 aromatic rings. The van der Waals surface area contributed by atoms with Gasteiger partial charge in [-0.25, -0.2) is 0 Å². The Labute approximate surface area is 379 Å². The highest BCUT2D eigenvalue weighted by atomic mass is 16.3. The maximum absolute atomic E-state index is 7.60. The van der Waals surface area contributed by atoms with E-state index < -0.39 is 0 Å². The number of furan rings is 1. The normalized spacial score (nSPS) is 19.0. The number of benzene rings is 5. The molecule has 0 saturated carbocycles. The Balaban J connectivity index is 1.35. The Morgan fingerprint density at radius 2 is 1.08 bits per heavy atom. The van der Waals surface area contributed by atoms with E-state index in [0.29, 0.717) is 0 Å². The molecule has 2 aliphatic carbocycles. The van der Waals surface area contributed by atoms with Gasteiger partial charge in [0.05, 0.1) is 11.3 Å². The zero-order valence-corrected chi connectivity index (χ0v) is 41.4. The molecule has 3 heterocycles. The lowest BCUT2D eigenvalue weighted by atomic mass is 9.35. The number of rotatable bonds is 3. The van der Waals surface area contributed by atoms with Gasteiger partial charge in [0.2, 0.25) is 0 Å². The number of hydrogen-bond donors (Lipinski definition) is 0. The zero-order chi connectivity index (χ0) is 45.1. The van der Waals surface area contributed by atoms with E-state index in [0.717, 1.165) is 17.7 Å². The average molecular weight is 835 g/mol. The molecule has 1 aromatic heterocycles. The maximum atomic E-state index is 7.60. The lowest BCUT2D eigenvalue weighted by Gasteiger charge is -2.45. The molecule has 0 radical (unpaired) electrons. The molecule has 0 unspecified atom stereocenters. The van der Waals surface area contributed by atoms with E-state index in [9.17, 15) is 0 Å². The molecule has 5 aromatic carbocycles. The van der Waals surface area contributed by atoms with E-state index in [-0.39, 0.29) is 39.2 Å². The Hall–Kier alpha value is -4.70. The standard InChI is InChI=1S/C59H71BN2O/c1-17-36-29-48-51-49(30-36)62(46-22-18-37(28-35(46)2)54(3,4)5)47-23-19-38(55(6,7)8)31-45(47)60(51)53-52(40-33-43-44(34-50(40)63-53)59(15,16)27-26-58(43,13)14)61(48)39-20-21-41-42(32-39)57(11,12)25-24-56(41,9)10/h18-23,28-34H,17,24-27H2,1-16H3. The van der Waals surface area contributed by atoms with Gasteiger partial charge in [0.1, 0.15) is 5.58 Å². The summed E-state index contributed by atoms with van der Waals surface area (Å²) in [4.78, 5) is 5.25. The molecule has 0 atom stereocenters. The number of nitrogens with zero attached hydrogens (tertiary/aromatic N) is 2. The summed E-state index contributed by atoms with van der Waals surface area (Å²) >= 11 is 0. The Bertz CT molecular complexity index is 2890. The molecule has 0 saturated heterocycles. The van der Waals surface area contributed by atoms with Crippen molar-refractivity contribution < 1.29 is 4.42 Å². The van der Waals surface area contributed by atoms with Crippen LogP contribution in [0.2, 0.25) is 0 Å². The van der Waals surface area contributed by atoms with Crippen molar-refractivity contribution in [3.05, 3.63) is 123 Å². The van der Waals surface area contributed by atoms with Crippen molar-refractivity contribution in [2.24, 2.45) is 0 Å². The van der Waals surface area contributed by atoms with Crippen molar-refractivity contribution in [2.45, 2.75) is 175 Å². The molecule has 4 aliphatic rings. The average Bonchev–Trinajstić information content (AvgIpc) is 3.58. The monoisotopic (exact) mass is 835 g/mol. The van der Waals surface area contributed by atoms with Crippen LogP contribution in [-0.4, -0.2) is 6.71 Å². The quantitative estimate of drug-likeness (QED) is 0.165. The molecule has 2 aliphatic heterocycles. The van der Waals surface area contributed by atoms with Gasteiger partial charge in [-0.15, -0.1) is 0 Å². The minimum atomic E-state index is -0.0895. The topological polar surface area (TPSA) is 19.6 Å². The molecular formula is C59H71BN2O. The van der Waals surface area contributed by atoms with Gasteiger partial charge < -0.3 is 14.2 Å². The van der Waals surface area contributed by atoms with Crippen molar-refractivity contribution in [3.8, 4) is 0 Å². The van der Waals surface area contributed by atoms with Crippen LogP contribution in [0.3, 0.4) is 0 Å². The van der Waals surface area contributed by atoms with Gasteiger partial charge in [-0.2, -0.15) is 0 Å². The highest BCUT2D eigenvalue weighted by Gasteiger charge is 2.49. The number of aryl methyl sites for hydroxylation is 2. The number of fused-ring (bicyclic) bond motifs is 8. The van der Waals surface area contributed by atoms with Crippen LogP contribution in [0.15, 0.2) is 83.3 Å². The van der Waals surface area contributed by atoms with Crippen molar-refractivity contribution in [1.82, 2.24) is 0 Å². The van der Waals surface area contributed by atoms with Crippen molar-refractivity contribution in [2.75, 3.05) is 9.80 Å². The first-order valence-corrected chi connectivity index (χ1v) is 24.1. The SMILES string of the molecule is CCc1cc2c3c(c1)N(c1ccc4c(c1)C(C)(C)CCC4(C)C)c1c(oc4cc5c(cc14)C(C)(C)CCC5(C)C)B3c1cc(C(C)(C)C)ccc1N2c1ccc(C(C)(C)C)cc1C. The van der Waals surface area contributed by atoms with Crippen LogP contribution in [0.25, 0.3) is 11.0 Å². The van der Waals surface area contributed by atoms with Crippen LogP contribution in [-0.2, 0) is 38.9 Å². The second-order valence-electron chi connectivity index (χ2n) is 24.8. The Morgan fingerprint density at radius 1 is 0.556 bits per heavy atom. The van der Waals surface area contributed by atoms with Crippen LogP contribution in [0.1, 0.15) is 174 Å². The molecule has 4 heteroatoms. The van der Waals surface area contributed by atoms with Crippen LogP contribution in [0, 0.1) is 6.92 Å². The van der Waals surface area contributed by atoms with Gasteiger partial charge in [0.25, 0.3) is 6.71 Å². The molecule has 0 bridgehead atoms. The Morgan fingerprint density at radius 3 is 1.65 bits per heavy atom. The van der Waals surface area contributed by atoms with Gasteiger partial charge in [-0.1, -0.05) is 134 Å². The van der Waals surface area contributed by atoms with Crippen molar-refractivity contribution >= 4 is 68.4 Å². The van der Waals surface area contributed by atoms with Gasteiger partial charge >= 0.3 is 0 Å². The van der Waals surface area contributed by atoms with Gasteiger partial charge in [0.15, 0.2) is 0 Å². The fraction of sp³-hybridized carbons (Fsp3) is 0.458. The highest BCUT2D eigenvalue weighted by molar-refractivity contribution is 7.00. The van der Waals surface area contributed by atoms with Gasteiger partial charge in [-0.3, -0.25) is 0 Å². The van der Waals surface area contributed by atoms with E-state index in [4.69, 9.17) is 4.42 Å². The van der Waals surface area contributed by atoms with E-state index in [1.807, 2.05) is 0 Å². The molecule has 10 rings (SSSR count). The lowest BCUT2D eigenvalue weighted by Crippen LogP contribution is -2.61. The van der Waals surface area contributed by atoms with E-state index in [1.54, 1.807) is 0 Å². The van der Waals surface area contributed by atoms with Crippen LogP contribution in [0.5, 0.6) is 0 Å². The minimum Gasteiger partial charge on any atom is -0.468 e. The van der Waals surface area contributed by atoms with E-state index >= 15 is 0 Å². The van der Waals surface area contributed by atoms with Crippen LogP contribution in [0.4, 0.5) is 34.1 Å². The summed E-state index contributed by atoms with van der Waals surface area (Å²) in [6, 6.07) is 32.0. The first kappa shape index (κ1) is 42.3. The van der Waals surface area contributed by atoms with Gasteiger partial charge in [-0.05, 0) is 175 Å². The van der Waals surface area contributed by atoms with E-state index in [1.165, 1.54) is 121 Å². The molecule has 0 amide bonds. The summed E-state index contributed by atoms with van der Waals surface area (Å²) in [6.45, 7) is 38.1. The van der Waals surface area contributed by atoms with Crippen LogP contribution >= 0.6 is 0 Å². The number of hydrogen-bond acceptors (Lipinski definition) is 3. The van der Waals surface area contributed by atoms with Crippen molar-refractivity contribution in [1.29, 1.82) is 0 Å². The third-order valence-electron chi connectivity index (χ3n) is 16.4. The van der Waals surface area contributed by atoms with Gasteiger partial charge in [0, 0.05) is 33.8 Å². The second-order valence-corrected chi connectivity index (χ2v) is 24.8. The first-order valence-electron chi connectivity index (χ1n) is 24.1. The molecule has 3 nitrogen and oxygen atoms in total. The zero-order valence-electron chi connectivity index (χ0n) is 41.4. The van der Waals surface area contributed by atoms with Crippen LogP contribution < -0.4 is 26.4 Å². The number of anilines is 6. The molecule has 0 N–H and O–H groups in total. The molecule has 63 heavy (non-hydrogen) atoms. The Kier molecular flexibility index (Phi) is 9.01. The largest absolute Gasteiger partial charge is 0.468 e. The predicted octanol–water partition coefficient (Wildman–Crippen LogP) is 14.7. The molecule has 326 valence electrons. The maximum Gasteiger partial charge on any atom is 0.297 e. The second kappa shape index (κ2) is 13.4. The minimum absolute atomic E-state index is 0.0311. The fourth-order valence-corrected chi connectivity index (χ4v) is 11.9. The highest BCUT2D eigenvalue weighted by Crippen LogP contribution is 2.54. The van der Waals surface area contributed by atoms with Crippen molar-refractivity contribution in [3.63, 3.8) is 0 Å². The third-order valence-corrected chi connectivity index (χ3v) is 16.4. The summed E-state index contributed by atoms with van der Waals surface area (Å²) < 4.78 is 7.60. The summed E-state index contributed by atoms with van der Waals surface area (Å²) in [7, 11) is 0. The smallest absolute Gasteiger partial charge is 0.297 e. The third kappa shape index (κ3) is 6.34. The first-order chi connectivity index (χ1) is 29.3. The molecule has 0 spiro atoms. The lowest BCUT2D eigenvalue weighted by molar-refractivity contribution is 0.332. The predicted molar refractivity (Wildman–Crippen MR) is 272 cm³/mol. The summed E-state index contributed by atoms with van der Waals surface area (Å²) in [5.74, 6) is 0. The molecule has 0 fully saturated rings. The fourth-order valence-electron chi connectivity index (χ4n) is 11.9. The molecular weight excluding hydrogens is 763 g/mol. The summed E-state index contributed by atoms with van der Waals surface area (Å²) in [5, 5.41) is 1.23. The summed E-state index contributed by atoms with van der Waals surface area (Å²) in [5.41, 5.74) is 23.7. The van der Waals surface area contributed by atoms with E-state index in [2.05, 4.69) is 199 Å². The summed E-state index contributed by atoms with van der Waals surface area (Å²) in [6.07, 6.45) is 5.64.